The van der Waals surface area contributed by atoms with Gasteiger partial charge in [-0.1, -0.05) is 49.6 Å². The fourth-order valence-electron chi connectivity index (χ4n) is 4.67. The minimum atomic E-state index is -0.357. The van der Waals surface area contributed by atoms with Crippen molar-refractivity contribution in [3.63, 3.8) is 0 Å². The number of amides is 1. The van der Waals surface area contributed by atoms with Crippen LogP contribution in [0.5, 0.6) is 11.5 Å². The number of ether oxygens (including phenoxy) is 1. The monoisotopic (exact) mass is 378 g/mol. The summed E-state index contributed by atoms with van der Waals surface area (Å²) in [4.78, 5) is 15.2. The zero-order valence-electron chi connectivity index (χ0n) is 16.4. The number of likely N-dealkylation sites (tertiary alicyclic amines) is 1. The topological polar surface area (TPSA) is 55.6 Å². The fourth-order valence-corrected chi connectivity index (χ4v) is 4.67. The summed E-state index contributed by atoms with van der Waals surface area (Å²) in [5.74, 6) is 2.09. The van der Waals surface area contributed by atoms with Crippen LogP contribution in [0.2, 0.25) is 0 Å². The molecule has 2 unspecified atom stereocenters. The Morgan fingerprint density at radius 2 is 1.68 bits per heavy atom. The Morgan fingerprint density at radius 1 is 0.929 bits per heavy atom. The van der Waals surface area contributed by atoms with Gasteiger partial charge in [0.1, 0.15) is 11.5 Å². The zero-order valence-corrected chi connectivity index (χ0v) is 16.4. The lowest BCUT2D eigenvalue weighted by Crippen LogP contribution is -2.47. The summed E-state index contributed by atoms with van der Waals surface area (Å²) in [5.41, 5.74) is 7.56. The van der Waals surface area contributed by atoms with Crippen molar-refractivity contribution >= 4 is 5.91 Å². The summed E-state index contributed by atoms with van der Waals surface area (Å²) >= 11 is 0. The van der Waals surface area contributed by atoms with Crippen molar-refractivity contribution in [2.75, 3.05) is 6.54 Å². The van der Waals surface area contributed by atoms with Crippen LogP contribution < -0.4 is 10.5 Å². The number of hydrogen-bond acceptors (Lipinski definition) is 3. The third-order valence-corrected chi connectivity index (χ3v) is 6.20. The van der Waals surface area contributed by atoms with Crippen LogP contribution in [0.4, 0.5) is 0 Å². The maximum absolute atomic E-state index is 13.2. The summed E-state index contributed by atoms with van der Waals surface area (Å²) in [7, 11) is 0. The second kappa shape index (κ2) is 8.78. The first-order valence-corrected chi connectivity index (χ1v) is 10.6. The van der Waals surface area contributed by atoms with E-state index in [0.29, 0.717) is 5.92 Å². The highest BCUT2D eigenvalue weighted by atomic mass is 16.5. The lowest BCUT2D eigenvalue weighted by molar-refractivity contribution is -0.135. The van der Waals surface area contributed by atoms with Gasteiger partial charge >= 0.3 is 0 Å². The van der Waals surface area contributed by atoms with Gasteiger partial charge in [0.25, 0.3) is 0 Å². The van der Waals surface area contributed by atoms with E-state index in [1.165, 1.54) is 19.3 Å². The van der Waals surface area contributed by atoms with Crippen molar-refractivity contribution in [3.8, 4) is 11.5 Å². The number of para-hydroxylation sites is 1. The van der Waals surface area contributed by atoms with Crippen LogP contribution in [0, 0.1) is 5.92 Å². The molecule has 2 aromatic carbocycles. The number of benzene rings is 2. The Bertz CT molecular complexity index is 786. The Hall–Kier alpha value is -2.33. The van der Waals surface area contributed by atoms with Crippen molar-refractivity contribution in [3.05, 3.63) is 60.2 Å². The van der Waals surface area contributed by atoms with Crippen molar-refractivity contribution in [1.82, 2.24) is 4.90 Å². The minimum Gasteiger partial charge on any atom is -0.457 e. The van der Waals surface area contributed by atoms with E-state index in [2.05, 4.69) is 12.1 Å². The molecular formula is C24H30N2O2. The summed E-state index contributed by atoms with van der Waals surface area (Å²) in [6.07, 6.45) is 7.87. The van der Waals surface area contributed by atoms with E-state index in [-0.39, 0.29) is 18.0 Å². The van der Waals surface area contributed by atoms with Crippen LogP contribution >= 0.6 is 0 Å². The maximum atomic E-state index is 13.2. The van der Waals surface area contributed by atoms with Crippen LogP contribution in [-0.2, 0) is 4.79 Å². The predicted octanol–water partition coefficient (Wildman–Crippen LogP) is 5.05. The number of nitrogens with two attached hydrogens (primary N) is 1. The molecule has 1 saturated heterocycles. The van der Waals surface area contributed by atoms with E-state index in [1.54, 1.807) is 0 Å². The second-order valence-electron chi connectivity index (χ2n) is 8.10. The number of nitrogens with zero attached hydrogens (tertiary/aromatic N) is 1. The van der Waals surface area contributed by atoms with Gasteiger partial charge in [-0.2, -0.15) is 0 Å². The van der Waals surface area contributed by atoms with Crippen LogP contribution in [-0.4, -0.2) is 23.4 Å². The van der Waals surface area contributed by atoms with E-state index in [9.17, 15) is 4.79 Å². The standard InChI is InChI=1S/C24H30N2O2/c25-23(18-9-3-1-4-10-18)24(27)26-16-8-15-22(26)19-11-7-14-21(17-19)28-20-12-5-2-6-13-20/h2,5-7,11-14,17-18,22-23H,1,3-4,8-10,15-16,25H2. The molecule has 1 aliphatic carbocycles. The smallest absolute Gasteiger partial charge is 0.240 e. The molecule has 1 amide bonds. The van der Waals surface area contributed by atoms with Crippen molar-refractivity contribution in [2.24, 2.45) is 11.7 Å². The first-order valence-electron chi connectivity index (χ1n) is 10.6. The van der Waals surface area contributed by atoms with Gasteiger partial charge in [-0.3, -0.25) is 4.79 Å². The zero-order chi connectivity index (χ0) is 19.3. The Labute approximate surface area is 167 Å². The highest BCUT2D eigenvalue weighted by Gasteiger charge is 2.36. The minimum absolute atomic E-state index is 0.0986. The van der Waals surface area contributed by atoms with E-state index in [0.717, 1.165) is 49.3 Å². The fraction of sp³-hybridized carbons (Fsp3) is 0.458. The predicted molar refractivity (Wildman–Crippen MR) is 111 cm³/mol. The molecule has 0 aromatic heterocycles. The van der Waals surface area contributed by atoms with E-state index < -0.39 is 0 Å². The number of carbonyl (C=O) groups excluding carboxylic acids is 1. The molecule has 1 saturated carbocycles. The van der Waals surface area contributed by atoms with Gasteiger partial charge in [-0.25, -0.2) is 0 Å². The number of hydrogen-bond donors (Lipinski definition) is 1. The van der Waals surface area contributed by atoms with Gasteiger partial charge in [0.05, 0.1) is 12.1 Å². The van der Waals surface area contributed by atoms with Gasteiger partial charge in [0, 0.05) is 6.54 Å². The lowest BCUT2D eigenvalue weighted by Gasteiger charge is -2.32. The molecule has 0 radical (unpaired) electrons. The average Bonchev–Trinajstić information content (AvgIpc) is 3.24. The van der Waals surface area contributed by atoms with Crippen molar-refractivity contribution < 1.29 is 9.53 Å². The molecule has 0 spiro atoms. The molecule has 28 heavy (non-hydrogen) atoms. The molecule has 148 valence electrons. The lowest BCUT2D eigenvalue weighted by atomic mass is 9.83. The van der Waals surface area contributed by atoms with E-state index in [1.807, 2.05) is 47.4 Å². The summed E-state index contributed by atoms with van der Waals surface area (Å²) < 4.78 is 5.99. The molecular weight excluding hydrogens is 348 g/mol. The van der Waals surface area contributed by atoms with Crippen LogP contribution in [0.25, 0.3) is 0 Å². The number of carbonyl (C=O) groups is 1. The molecule has 2 aliphatic rings. The SMILES string of the molecule is NC(C(=O)N1CCCC1c1cccc(Oc2ccccc2)c1)C1CCCCC1. The van der Waals surface area contributed by atoms with Gasteiger partial charge in [-0.15, -0.1) is 0 Å². The number of rotatable bonds is 5. The molecule has 4 nitrogen and oxygen atoms in total. The molecule has 2 aromatic rings. The normalized spacial score (nSPS) is 21.5. The second-order valence-corrected chi connectivity index (χ2v) is 8.10. The first kappa shape index (κ1) is 19.0. The molecule has 1 aliphatic heterocycles. The molecule has 1 heterocycles. The average molecular weight is 379 g/mol. The molecule has 0 bridgehead atoms. The molecule has 2 fully saturated rings. The summed E-state index contributed by atoms with van der Waals surface area (Å²) in [5, 5.41) is 0. The Morgan fingerprint density at radius 3 is 2.46 bits per heavy atom. The third-order valence-electron chi connectivity index (χ3n) is 6.20. The maximum Gasteiger partial charge on any atom is 0.240 e. The van der Waals surface area contributed by atoms with Gasteiger partial charge in [-0.05, 0) is 61.4 Å². The summed E-state index contributed by atoms with van der Waals surface area (Å²) in [6, 6.07) is 17.7. The van der Waals surface area contributed by atoms with Gasteiger partial charge in [0.15, 0.2) is 0 Å². The first-order chi connectivity index (χ1) is 13.7. The largest absolute Gasteiger partial charge is 0.457 e. The Kier molecular flexibility index (Phi) is 5.96. The highest BCUT2D eigenvalue weighted by molar-refractivity contribution is 5.82. The molecule has 2 atom stereocenters. The quantitative estimate of drug-likeness (QED) is 0.792. The third kappa shape index (κ3) is 4.22. The highest BCUT2D eigenvalue weighted by Crippen LogP contribution is 2.36. The molecule has 2 N–H and O–H groups in total. The van der Waals surface area contributed by atoms with Crippen LogP contribution in [0.1, 0.15) is 56.6 Å². The van der Waals surface area contributed by atoms with Crippen LogP contribution in [0.3, 0.4) is 0 Å². The van der Waals surface area contributed by atoms with Gasteiger partial charge in [0.2, 0.25) is 5.91 Å². The Balaban J connectivity index is 1.48. The molecule has 4 heteroatoms. The van der Waals surface area contributed by atoms with E-state index >= 15 is 0 Å². The summed E-state index contributed by atoms with van der Waals surface area (Å²) in [6.45, 7) is 0.799. The van der Waals surface area contributed by atoms with E-state index in [4.69, 9.17) is 10.5 Å². The molecule has 4 rings (SSSR count). The van der Waals surface area contributed by atoms with Crippen LogP contribution in [0.15, 0.2) is 54.6 Å². The van der Waals surface area contributed by atoms with Gasteiger partial charge < -0.3 is 15.4 Å². The van der Waals surface area contributed by atoms with Crippen molar-refractivity contribution in [1.29, 1.82) is 0 Å². The van der Waals surface area contributed by atoms with Crippen molar-refractivity contribution in [2.45, 2.75) is 57.0 Å².